The average Bonchev–Trinajstić information content (AvgIpc) is 2.60. The third-order valence-corrected chi connectivity index (χ3v) is 3.69. The molecule has 1 amide bonds. The number of carbonyl (C=O) groups is 2. The molecule has 126 valence electrons. The number of benzene rings is 2. The van der Waals surface area contributed by atoms with Gasteiger partial charge >= 0.3 is 5.97 Å². The zero-order chi connectivity index (χ0) is 17.5. The van der Waals surface area contributed by atoms with E-state index in [-0.39, 0.29) is 11.9 Å². The standard InChI is InChI=1S/C19H21NO4/c1-3-14-7-9-15(10-8-14)13(2)20-19(23)16-5-4-6-17(11-16)24-12-18(21)22/h4-11,13H,3,12H2,1-2H3,(H,20,23)(H,21,22). The molecule has 0 saturated heterocycles. The first-order valence-corrected chi connectivity index (χ1v) is 7.84. The highest BCUT2D eigenvalue weighted by Crippen LogP contribution is 2.17. The number of aryl methyl sites for hydroxylation is 1. The van der Waals surface area contributed by atoms with E-state index in [9.17, 15) is 9.59 Å². The van der Waals surface area contributed by atoms with E-state index in [4.69, 9.17) is 9.84 Å². The molecule has 0 fully saturated rings. The maximum Gasteiger partial charge on any atom is 0.341 e. The summed E-state index contributed by atoms with van der Waals surface area (Å²) in [5.74, 6) is -0.943. The number of nitrogens with one attached hydrogen (secondary N) is 1. The summed E-state index contributed by atoms with van der Waals surface area (Å²) in [7, 11) is 0. The van der Waals surface area contributed by atoms with Crippen LogP contribution in [0.4, 0.5) is 0 Å². The van der Waals surface area contributed by atoms with Crippen molar-refractivity contribution in [1.29, 1.82) is 0 Å². The number of carbonyl (C=O) groups excluding carboxylic acids is 1. The molecule has 1 unspecified atom stereocenters. The Morgan fingerprint density at radius 3 is 2.50 bits per heavy atom. The van der Waals surface area contributed by atoms with Crippen LogP contribution < -0.4 is 10.1 Å². The molecule has 5 heteroatoms. The number of hydrogen-bond acceptors (Lipinski definition) is 3. The average molecular weight is 327 g/mol. The first kappa shape index (κ1) is 17.5. The van der Waals surface area contributed by atoms with Crippen LogP contribution in [0.2, 0.25) is 0 Å². The van der Waals surface area contributed by atoms with Crippen LogP contribution in [0.3, 0.4) is 0 Å². The van der Waals surface area contributed by atoms with E-state index in [1.165, 1.54) is 11.6 Å². The van der Waals surface area contributed by atoms with E-state index in [1.807, 2.05) is 19.1 Å². The number of aliphatic carboxylic acids is 1. The molecule has 24 heavy (non-hydrogen) atoms. The van der Waals surface area contributed by atoms with Gasteiger partial charge in [-0.05, 0) is 42.7 Å². The van der Waals surface area contributed by atoms with Crippen molar-refractivity contribution < 1.29 is 19.4 Å². The third-order valence-electron chi connectivity index (χ3n) is 3.69. The monoisotopic (exact) mass is 327 g/mol. The minimum atomic E-state index is -1.06. The summed E-state index contributed by atoms with van der Waals surface area (Å²) in [6.45, 7) is 3.58. The number of hydrogen-bond donors (Lipinski definition) is 2. The number of carboxylic acids is 1. The van der Waals surface area contributed by atoms with Crippen molar-refractivity contribution >= 4 is 11.9 Å². The maximum atomic E-state index is 12.4. The second-order valence-electron chi connectivity index (χ2n) is 5.50. The molecule has 0 aliphatic heterocycles. The van der Waals surface area contributed by atoms with Crippen LogP contribution in [0.15, 0.2) is 48.5 Å². The lowest BCUT2D eigenvalue weighted by atomic mass is 10.0. The van der Waals surface area contributed by atoms with Gasteiger partial charge in [0.1, 0.15) is 5.75 Å². The molecule has 2 N–H and O–H groups in total. The number of ether oxygens (including phenoxy) is 1. The van der Waals surface area contributed by atoms with Crippen LogP contribution in [-0.4, -0.2) is 23.6 Å². The molecule has 0 aliphatic rings. The molecular weight excluding hydrogens is 306 g/mol. The molecular formula is C19H21NO4. The number of amides is 1. The largest absolute Gasteiger partial charge is 0.482 e. The molecule has 0 aromatic heterocycles. The number of rotatable bonds is 7. The second-order valence-corrected chi connectivity index (χ2v) is 5.50. The van der Waals surface area contributed by atoms with Gasteiger partial charge in [0.25, 0.3) is 5.91 Å². The molecule has 0 radical (unpaired) electrons. The summed E-state index contributed by atoms with van der Waals surface area (Å²) < 4.78 is 5.09. The smallest absolute Gasteiger partial charge is 0.341 e. The fourth-order valence-electron chi connectivity index (χ4n) is 2.28. The zero-order valence-electron chi connectivity index (χ0n) is 13.8. The Hall–Kier alpha value is -2.82. The highest BCUT2D eigenvalue weighted by molar-refractivity contribution is 5.94. The summed E-state index contributed by atoms with van der Waals surface area (Å²) in [6.07, 6.45) is 0.976. The molecule has 0 spiro atoms. The Morgan fingerprint density at radius 1 is 1.17 bits per heavy atom. The maximum absolute atomic E-state index is 12.4. The molecule has 5 nitrogen and oxygen atoms in total. The van der Waals surface area contributed by atoms with Gasteiger partial charge in [0.15, 0.2) is 6.61 Å². The summed E-state index contributed by atoms with van der Waals surface area (Å²) in [5.41, 5.74) is 2.70. The fraction of sp³-hybridized carbons (Fsp3) is 0.263. The molecule has 0 bridgehead atoms. The molecule has 0 aliphatic carbocycles. The Morgan fingerprint density at radius 2 is 1.88 bits per heavy atom. The zero-order valence-corrected chi connectivity index (χ0v) is 13.8. The molecule has 0 saturated carbocycles. The Bertz CT molecular complexity index is 710. The van der Waals surface area contributed by atoms with Crippen molar-refractivity contribution in [3.63, 3.8) is 0 Å². The topological polar surface area (TPSA) is 75.6 Å². The predicted octanol–water partition coefficient (Wildman–Crippen LogP) is 3.20. The van der Waals surface area contributed by atoms with Gasteiger partial charge in [0.05, 0.1) is 6.04 Å². The van der Waals surface area contributed by atoms with E-state index < -0.39 is 12.6 Å². The summed E-state index contributed by atoms with van der Waals surface area (Å²) >= 11 is 0. The lowest BCUT2D eigenvalue weighted by Gasteiger charge is -2.15. The van der Waals surface area contributed by atoms with E-state index in [0.29, 0.717) is 11.3 Å². The first-order chi connectivity index (χ1) is 11.5. The molecule has 2 aromatic rings. The quantitative estimate of drug-likeness (QED) is 0.819. The summed E-state index contributed by atoms with van der Waals surface area (Å²) in [4.78, 5) is 22.9. The van der Waals surface area contributed by atoms with Gasteiger partial charge in [-0.25, -0.2) is 4.79 Å². The molecule has 2 aromatic carbocycles. The SMILES string of the molecule is CCc1ccc(C(C)NC(=O)c2cccc(OCC(=O)O)c2)cc1. The predicted molar refractivity (Wildman–Crippen MR) is 91.3 cm³/mol. The number of carboxylic acid groups (broad SMARTS) is 1. The molecule has 0 heterocycles. The normalized spacial score (nSPS) is 11.6. The third kappa shape index (κ3) is 4.84. The van der Waals surface area contributed by atoms with Crippen LogP contribution in [0.5, 0.6) is 5.75 Å². The van der Waals surface area contributed by atoms with E-state index in [0.717, 1.165) is 12.0 Å². The van der Waals surface area contributed by atoms with Crippen LogP contribution in [0.1, 0.15) is 41.4 Å². The van der Waals surface area contributed by atoms with Crippen molar-refractivity contribution in [2.45, 2.75) is 26.3 Å². The second kappa shape index (κ2) is 8.15. The van der Waals surface area contributed by atoms with Gasteiger partial charge in [-0.3, -0.25) is 4.79 Å². The fourth-order valence-corrected chi connectivity index (χ4v) is 2.28. The minimum Gasteiger partial charge on any atom is -0.482 e. The Labute approximate surface area is 141 Å². The molecule has 1 atom stereocenters. The Kier molecular flexibility index (Phi) is 5.95. The van der Waals surface area contributed by atoms with Crippen molar-refractivity contribution in [1.82, 2.24) is 5.32 Å². The van der Waals surface area contributed by atoms with Crippen LogP contribution >= 0.6 is 0 Å². The van der Waals surface area contributed by atoms with Gasteiger partial charge in [-0.15, -0.1) is 0 Å². The minimum absolute atomic E-state index is 0.132. The van der Waals surface area contributed by atoms with Crippen molar-refractivity contribution in [2.24, 2.45) is 0 Å². The van der Waals surface area contributed by atoms with Gasteiger partial charge in [-0.1, -0.05) is 37.3 Å². The van der Waals surface area contributed by atoms with Gasteiger partial charge in [-0.2, -0.15) is 0 Å². The van der Waals surface area contributed by atoms with Crippen LogP contribution in [0.25, 0.3) is 0 Å². The van der Waals surface area contributed by atoms with Gasteiger partial charge < -0.3 is 15.2 Å². The lowest BCUT2D eigenvalue weighted by Crippen LogP contribution is -2.26. The summed E-state index contributed by atoms with van der Waals surface area (Å²) in [5, 5.41) is 11.6. The van der Waals surface area contributed by atoms with Gasteiger partial charge in [0, 0.05) is 5.56 Å². The van der Waals surface area contributed by atoms with E-state index in [1.54, 1.807) is 18.2 Å². The van der Waals surface area contributed by atoms with E-state index >= 15 is 0 Å². The highest BCUT2D eigenvalue weighted by atomic mass is 16.5. The first-order valence-electron chi connectivity index (χ1n) is 7.84. The lowest BCUT2D eigenvalue weighted by molar-refractivity contribution is -0.139. The van der Waals surface area contributed by atoms with Gasteiger partial charge in [0.2, 0.25) is 0 Å². The van der Waals surface area contributed by atoms with Crippen LogP contribution in [-0.2, 0) is 11.2 Å². The Balaban J connectivity index is 2.02. The van der Waals surface area contributed by atoms with Crippen molar-refractivity contribution in [2.75, 3.05) is 6.61 Å². The van der Waals surface area contributed by atoms with Crippen LogP contribution in [0, 0.1) is 0 Å². The molecule has 2 rings (SSSR count). The summed E-state index contributed by atoms with van der Waals surface area (Å²) in [6, 6.07) is 14.5. The highest BCUT2D eigenvalue weighted by Gasteiger charge is 2.12. The van der Waals surface area contributed by atoms with Crippen molar-refractivity contribution in [3.05, 3.63) is 65.2 Å². The van der Waals surface area contributed by atoms with E-state index in [2.05, 4.69) is 24.4 Å². The van der Waals surface area contributed by atoms with Crippen molar-refractivity contribution in [3.8, 4) is 5.75 Å².